The van der Waals surface area contributed by atoms with E-state index in [1.54, 1.807) is 0 Å². The number of nitrogens with zero attached hydrogens (tertiary/aromatic N) is 2. The number of rotatable bonds is 15. The van der Waals surface area contributed by atoms with Crippen LogP contribution in [0.1, 0.15) is 101 Å². The Kier molecular flexibility index (Phi) is 21.4. The number of amides is 3. The molecule has 3 amide bonds. The van der Waals surface area contributed by atoms with Crippen LogP contribution in [-0.4, -0.2) is 78.9 Å². The second kappa shape index (κ2) is 25.1. The maximum atomic E-state index is 12.7. The minimum Gasteiger partial charge on any atom is -0.324 e. The van der Waals surface area contributed by atoms with Crippen LogP contribution in [0.5, 0.6) is 0 Å². The lowest BCUT2D eigenvalue weighted by molar-refractivity contribution is -0.122. The Hall–Kier alpha value is -4.05. The van der Waals surface area contributed by atoms with Crippen LogP contribution in [0, 0.1) is 34.6 Å². The Morgan fingerprint density at radius 3 is 1.81 bits per heavy atom. The summed E-state index contributed by atoms with van der Waals surface area (Å²) in [5.41, 5.74) is 8.40. The molecule has 3 aromatic carbocycles. The zero-order valence-corrected chi connectivity index (χ0v) is 35.0. The van der Waals surface area contributed by atoms with Crippen molar-refractivity contribution in [2.45, 2.75) is 120 Å². The van der Waals surface area contributed by atoms with E-state index < -0.39 is 0 Å². The van der Waals surface area contributed by atoms with Gasteiger partial charge in [0, 0.05) is 17.1 Å². The molecule has 0 aliphatic carbocycles. The van der Waals surface area contributed by atoms with Crippen molar-refractivity contribution in [1.29, 1.82) is 0 Å². The minimum atomic E-state index is -0.153. The van der Waals surface area contributed by atoms with Crippen molar-refractivity contribution in [2.75, 3.05) is 55.2 Å². The molecule has 1 fully saturated rings. The number of nitrogens with one attached hydrogen (secondary N) is 4. The molecule has 2 atom stereocenters. The summed E-state index contributed by atoms with van der Waals surface area (Å²) < 4.78 is 0. The quantitative estimate of drug-likeness (QED) is 0.124. The number of para-hydroxylation sites is 3. The summed E-state index contributed by atoms with van der Waals surface area (Å²) in [4.78, 5) is 40.9. The molecule has 0 radical (unpaired) electrons. The molecule has 1 heterocycles. The number of anilines is 3. The molecule has 0 spiro atoms. The van der Waals surface area contributed by atoms with E-state index >= 15 is 0 Å². The van der Waals surface area contributed by atoms with Crippen molar-refractivity contribution in [3.05, 3.63) is 88.5 Å². The van der Waals surface area contributed by atoms with Crippen molar-refractivity contribution in [3.8, 4) is 0 Å². The van der Waals surface area contributed by atoms with Crippen molar-refractivity contribution >= 4 is 34.8 Å². The Morgan fingerprint density at radius 1 is 0.722 bits per heavy atom. The van der Waals surface area contributed by atoms with E-state index in [9.17, 15) is 14.4 Å². The molecule has 298 valence electrons. The fourth-order valence-electron chi connectivity index (χ4n) is 6.38. The van der Waals surface area contributed by atoms with Gasteiger partial charge in [0.15, 0.2) is 0 Å². The Bertz CT molecular complexity index is 1550. The summed E-state index contributed by atoms with van der Waals surface area (Å²) in [6.07, 6.45) is 6.75. The van der Waals surface area contributed by atoms with Crippen molar-refractivity contribution in [2.24, 2.45) is 0 Å². The number of hydrogen-bond donors (Lipinski definition) is 4. The SMILES string of the molecule is CCCCN1CCCCC1C(=O)Nc1c(C)cccc1C.CCCNC(C)C(=O)Nc1ccccc1C.CCN(CC)CC(=O)Nc1c(C)cccc1C. The van der Waals surface area contributed by atoms with Gasteiger partial charge in [0.25, 0.3) is 0 Å². The van der Waals surface area contributed by atoms with Gasteiger partial charge < -0.3 is 21.3 Å². The number of piperidine rings is 1. The van der Waals surface area contributed by atoms with E-state index in [-0.39, 0.29) is 29.8 Å². The molecule has 1 aliphatic heterocycles. The molecule has 9 heteroatoms. The van der Waals surface area contributed by atoms with Crippen LogP contribution in [0.15, 0.2) is 60.7 Å². The first-order valence-corrected chi connectivity index (χ1v) is 20.2. The highest BCUT2D eigenvalue weighted by Gasteiger charge is 2.28. The number of carbonyl (C=O) groups excluding carboxylic acids is 3. The van der Waals surface area contributed by atoms with Crippen molar-refractivity contribution in [3.63, 3.8) is 0 Å². The Morgan fingerprint density at radius 2 is 1.28 bits per heavy atom. The molecular formula is C45H70N6O3. The number of likely N-dealkylation sites (tertiary alicyclic amines) is 1. The summed E-state index contributed by atoms with van der Waals surface area (Å²) in [7, 11) is 0. The number of benzene rings is 3. The first-order valence-electron chi connectivity index (χ1n) is 20.2. The van der Waals surface area contributed by atoms with E-state index in [4.69, 9.17) is 0 Å². The zero-order valence-electron chi connectivity index (χ0n) is 35.0. The highest BCUT2D eigenvalue weighted by molar-refractivity contribution is 5.96. The molecule has 4 N–H and O–H groups in total. The van der Waals surface area contributed by atoms with Gasteiger partial charge in [-0.1, -0.05) is 95.1 Å². The molecule has 4 rings (SSSR count). The third kappa shape index (κ3) is 15.7. The highest BCUT2D eigenvalue weighted by Crippen LogP contribution is 2.23. The lowest BCUT2D eigenvalue weighted by Gasteiger charge is -2.34. The van der Waals surface area contributed by atoms with Crippen LogP contribution >= 0.6 is 0 Å². The number of hydrogen-bond acceptors (Lipinski definition) is 6. The molecule has 54 heavy (non-hydrogen) atoms. The summed E-state index contributed by atoms with van der Waals surface area (Å²) in [5.74, 6) is 0.247. The van der Waals surface area contributed by atoms with Crippen LogP contribution in [0.25, 0.3) is 0 Å². The molecule has 9 nitrogen and oxygen atoms in total. The van der Waals surface area contributed by atoms with Gasteiger partial charge in [-0.2, -0.15) is 0 Å². The first kappa shape index (κ1) is 46.1. The van der Waals surface area contributed by atoms with E-state index in [0.717, 1.165) is 96.9 Å². The molecule has 0 saturated carbocycles. The lowest BCUT2D eigenvalue weighted by atomic mass is 10.00. The Labute approximate surface area is 327 Å². The monoisotopic (exact) mass is 743 g/mol. The van der Waals surface area contributed by atoms with Gasteiger partial charge in [-0.3, -0.25) is 24.2 Å². The minimum absolute atomic E-state index is 0.0164. The van der Waals surface area contributed by atoms with Crippen molar-refractivity contribution in [1.82, 2.24) is 15.1 Å². The standard InChI is InChI=1S/C18H28N2O.C14H22N2O.C13H20N2O/c1-4-5-12-20-13-7-6-11-16(20)18(21)19-17-14(2)9-8-10-15(17)3;1-5-16(6-2)10-13(17)15-14-11(3)8-7-9-12(14)4;1-4-9-14-11(3)13(16)15-12-8-6-5-7-10(12)2/h8-10,16H,4-7,11-13H2,1-3H3,(H,19,21);7-9H,5-6,10H2,1-4H3,(H,15,17);5-8,11,14H,4,9H2,1-3H3,(H,15,16). The van der Waals surface area contributed by atoms with Gasteiger partial charge in [-0.05, 0) is 134 Å². The second-order valence-electron chi connectivity index (χ2n) is 14.4. The largest absolute Gasteiger partial charge is 0.324 e. The normalized spacial score (nSPS) is 14.5. The van der Waals surface area contributed by atoms with Gasteiger partial charge in [0.05, 0.1) is 18.6 Å². The van der Waals surface area contributed by atoms with E-state index in [1.807, 2.05) is 76.2 Å². The molecule has 2 unspecified atom stereocenters. The lowest BCUT2D eigenvalue weighted by Crippen LogP contribution is -2.47. The third-order valence-electron chi connectivity index (χ3n) is 9.95. The first-order chi connectivity index (χ1) is 25.9. The maximum absolute atomic E-state index is 12.7. The highest BCUT2D eigenvalue weighted by atomic mass is 16.2. The van der Waals surface area contributed by atoms with E-state index in [1.165, 1.54) is 19.3 Å². The smallest absolute Gasteiger partial charge is 0.241 e. The summed E-state index contributed by atoms with van der Waals surface area (Å²) in [5, 5.41) is 12.2. The molecular weight excluding hydrogens is 673 g/mol. The average molecular weight is 743 g/mol. The maximum Gasteiger partial charge on any atom is 0.241 e. The van der Waals surface area contributed by atoms with Crippen LogP contribution in [0.2, 0.25) is 0 Å². The van der Waals surface area contributed by atoms with Gasteiger partial charge in [-0.15, -0.1) is 0 Å². The molecule has 0 aromatic heterocycles. The summed E-state index contributed by atoms with van der Waals surface area (Å²) in [6.45, 7) is 25.6. The summed E-state index contributed by atoms with van der Waals surface area (Å²) >= 11 is 0. The van der Waals surface area contributed by atoms with Crippen LogP contribution in [0.4, 0.5) is 17.1 Å². The van der Waals surface area contributed by atoms with Crippen LogP contribution in [0.3, 0.4) is 0 Å². The predicted molar refractivity (Wildman–Crippen MR) is 229 cm³/mol. The average Bonchev–Trinajstić information content (AvgIpc) is 3.16. The van der Waals surface area contributed by atoms with Gasteiger partial charge in [0.1, 0.15) is 0 Å². The fourth-order valence-corrected chi connectivity index (χ4v) is 6.38. The molecule has 0 bridgehead atoms. The van der Waals surface area contributed by atoms with E-state index in [0.29, 0.717) is 6.54 Å². The van der Waals surface area contributed by atoms with E-state index in [2.05, 4.69) is 84.7 Å². The number of unbranched alkanes of at least 4 members (excludes halogenated alkanes) is 1. The van der Waals surface area contributed by atoms with Gasteiger partial charge in [0.2, 0.25) is 17.7 Å². The molecule has 3 aromatic rings. The second-order valence-corrected chi connectivity index (χ2v) is 14.4. The van der Waals surface area contributed by atoms with Gasteiger partial charge >= 0.3 is 0 Å². The predicted octanol–water partition coefficient (Wildman–Crippen LogP) is 8.80. The Balaban J connectivity index is 0.000000284. The van der Waals surface area contributed by atoms with Crippen LogP contribution < -0.4 is 21.3 Å². The molecule has 1 aliphatic rings. The van der Waals surface area contributed by atoms with Crippen molar-refractivity contribution < 1.29 is 14.4 Å². The number of aryl methyl sites for hydroxylation is 5. The molecule has 1 saturated heterocycles. The number of carbonyl (C=O) groups is 3. The summed E-state index contributed by atoms with van der Waals surface area (Å²) in [6, 6.07) is 19.9. The number of likely N-dealkylation sites (N-methyl/N-ethyl adjacent to an activating group) is 1. The topological polar surface area (TPSA) is 106 Å². The fraction of sp³-hybridized carbons (Fsp3) is 0.533. The zero-order chi connectivity index (χ0) is 40.0. The van der Waals surface area contributed by atoms with Gasteiger partial charge in [-0.25, -0.2) is 0 Å². The third-order valence-corrected chi connectivity index (χ3v) is 9.95. The van der Waals surface area contributed by atoms with Crippen LogP contribution in [-0.2, 0) is 14.4 Å².